The smallest absolute Gasteiger partial charge is 0.216 e. The lowest BCUT2D eigenvalue weighted by atomic mass is 9.83. The highest BCUT2D eigenvalue weighted by molar-refractivity contribution is 6.68. The third-order valence-electron chi connectivity index (χ3n) is 3.30. The van der Waals surface area contributed by atoms with Gasteiger partial charge in [-0.1, -0.05) is 47.6 Å². The average Bonchev–Trinajstić information content (AvgIpc) is 2.02. The first-order valence-corrected chi connectivity index (χ1v) is 6.43. The molecule has 14 heavy (non-hydrogen) atoms. The molecule has 2 heterocycles. The van der Waals surface area contributed by atoms with E-state index in [1.807, 2.05) is 0 Å². The SMILES string of the molecule is ClC(Cl)(Cl)C1OC2CCCCC1CC2. The molecule has 3 atom stereocenters. The lowest BCUT2D eigenvalue weighted by Crippen LogP contribution is -2.44. The number of hydrogen-bond acceptors (Lipinski definition) is 1. The fraction of sp³-hybridized carbons (Fsp3) is 1.00. The standard InChI is InChI=1S/C10H15Cl3O/c11-10(12,13)9-7-3-1-2-4-8(14-9)6-5-7/h7-9H,1-6H2. The summed E-state index contributed by atoms with van der Waals surface area (Å²) in [6, 6.07) is 0. The van der Waals surface area contributed by atoms with E-state index in [4.69, 9.17) is 39.5 Å². The molecule has 0 aromatic heterocycles. The second-order valence-electron chi connectivity index (χ2n) is 4.34. The largest absolute Gasteiger partial charge is 0.370 e. The van der Waals surface area contributed by atoms with E-state index in [1.54, 1.807) is 0 Å². The molecule has 82 valence electrons. The van der Waals surface area contributed by atoms with Crippen molar-refractivity contribution in [2.24, 2.45) is 5.92 Å². The summed E-state index contributed by atoms with van der Waals surface area (Å²) in [6.45, 7) is 0. The van der Waals surface area contributed by atoms with Crippen LogP contribution in [-0.2, 0) is 4.74 Å². The quantitative estimate of drug-likeness (QED) is 0.594. The molecule has 1 nitrogen and oxygen atoms in total. The van der Waals surface area contributed by atoms with Crippen LogP contribution in [0.2, 0.25) is 0 Å². The summed E-state index contributed by atoms with van der Waals surface area (Å²) in [6.07, 6.45) is 7.22. The van der Waals surface area contributed by atoms with E-state index >= 15 is 0 Å². The lowest BCUT2D eigenvalue weighted by Gasteiger charge is -2.41. The highest BCUT2D eigenvalue weighted by atomic mass is 35.6. The summed E-state index contributed by atoms with van der Waals surface area (Å²) in [4.78, 5) is 0. The van der Waals surface area contributed by atoms with E-state index in [1.165, 1.54) is 12.8 Å². The van der Waals surface area contributed by atoms with E-state index in [9.17, 15) is 0 Å². The van der Waals surface area contributed by atoms with E-state index < -0.39 is 3.79 Å². The Labute approximate surface area is 100 Å². The van der Waals surface area contributed by atoms with E-state index in [0.29, 0.717) is 12.0 Å². The van der Waals surface area contributed by atoms with Crippen molar-refractivity contribution < 1.29 is 4.74 Å². The Morgan fingerprint density at radius 1 is 0.929 bits per heavy atom. The van der Waals surface area contributed by atoms with E-state index in [-0.39, 0.29) is 6.10 Å². The summed E-state index contributed by atoms with van der Waals surface area (Å²) < 4.78 is 4.61. The Kier molecular flexibility index (Phi) is 3.53. The van der Waals surface area contributed by atoms with Crippen molar-refractivity contribution in [2.45, 2.75) is 54.5 Å². The summed E-state index contributed by atoms with van der Waals surface area (Å²) in [5.41, 5.74) is 0. The third kappa shape index (κ3) is 2.49. The molecule has 2 aliphatic heterocycles. The second kappa shape index (κ2) is 4.37. The fourth-order valence-corrected chi connectivity index (χ4v) is 3.26. The van der Waals surface area contributed by atoms with Crippen LogP contribution in [0.1, 0.15) is 38.5 Å². The molecule has 0 amide bonds. The van der Waals surface area contributed by atoms with Crippen molar-refractivity contribution in [1.29, 1.82) is 0 Å². The first kappa shape index (κ1) is 11.3. The second-order valence-corrected chi connectivity index (χ2v) is 6.71. The van der Waals surface area contributed by atoms with Crippen molar-refractivity contribution in [3.05, 3.63) is 0 Å². The molecule has 1 saturated carbocycles. The Morgan fingerprint density at radius 2 is 1.64 bits per heavy atom. The van der Waals surface area contributed by atoms with Crippen LogP contribution >= 0.6 is 34.8 Å². The molecular weight excluding hydrogens is 242 g/mol. The van der Waals surface area contributed by atoms with Crippen LogP contribution < -0.4 is 0 Å². The molecule has 4 heteroatoms. The predicted molar refractivity (Wildman–Crippen MR) is 60.1 cm³/mol. The average molecular weight is 258 g/mol. The minimum absolute atomic E-state index is 0.188. The van der Waals surface area contributed by atoms with Gasteiger partial charge in [-0.2, -0.15) is 0 Å². The summed E-state index contributed by atoms with van der Waals surface area (Å²) in [5, 5.41) is 0. The molecule has 1 aliphatic carbocycles. The van der Waals surface area contributed by atoms with Gasteiger partial charge in [0.2, 0.25) is 3.79 Å². The number of hydrogen-bond donors (Lipinski definition) is 0. The van der Waals surface area contributed by atoms with Crippen molar-refractivity contribution in [2.75, 3.05) is 0 Å². The van der Waals surface area contributed by atoms with Crippen LogP contribution in [0, 0.1) is 5.92 Å². The number of ether oxygens (including phenoxy) is 1. The van der Waals surface area contributed by atoms with Gasteiger partial charge in [-0.3, -0.25) is 0 Å². The van der Waals surface area contributed by atoms with Crippen molar-refractivity contribution in [3.8, 4) is 0 Å². The first-order chi connectivity index (χ1) is 6.57. The molecule has 3 fully saturated rings. The van der Waals surface area contributed by atoms with E-state index in [0.717, 1.165) is 25.7 Å². The highest BCUT2D eigenvalue weighted by Crippen LogP contribution is 2.44. The maximum absolute atomic E-state index is 5.94. The minimum Gasteiger partial charge on any atom is -0.370 e. The molecule has 3 aliphatic rings. The van der Waals surface area contributed by atoms with Gasteiger partial charge < -0.3 is 4.74 Å². The fourth-order valence-electron chi connectivity index (χ4n) is 2.57. The first-order valence-electron chi connectivity index (χ1n) is 5.29. The van der Waals surface area contributed by atoms with Crippen LogP contribution in [-0.4, -0.2) is 16.0 Å². The normalized spacial score (nSPS) is 39.2. The van der Waals surface area contributed by atoms with Gasteiger partial charge in [0.05, 0.1) is 6.10 Å². The summed E-state index contributed by atoms with van der Waals surface area (Å²) in [7, 11) is 0. The van der Waals surface area contributed by atoms with Gasteiger partial charge in [0.25, 0.3) is 0 Å². The van der Waals surface area contributed by atoms with Gasteiger partial charge in [0, 0.05) is 0 Å². The Balaban J connectivity index is 2.10. The molecule has 2 bridgehead atoms. The Hall–Kier alpha value is 0.830. The lowest BCUT2D eigenvalue weighted by molar-refractivity contribution is -0.0947. The monoisotopic (exact) mass is 256 g/mol. The number of alkyl halides is 3. The molecule has 0 N–H and O–H groups in total. The van der Waals surface area contributed by atoms with Crippen LogP contribution in [0.15, 0.2) is 0 Å². The van der Waals surface area contributed by atoms with Gasteiger partial charge in [-0.05, 0) is 31.6 Å². The minimum atomic E-state index is -1.25. The molecule has 0 radical (unpaired) electrons. The zero-order valence-electron chi connectivity index (χ0n) is 8.02. The van der Waals surface area contributed by atoms with Gasteiger partial charge in [-0.15, -0.1) is 0 Å². The number of fused-ring (bicyclic) bond motifs is 5. The molecule has 3 unspecified atom stereocenters. The van der Waals surface area contributed by atoms with Crippen molar-refractivity contribution in [3.63, 3.8) is 0 Å². The molecule has 0 aromatic carbocycles. The highest BCUT2D eigenvalue weighted by Gasteiger charge is 2.44. The van der Waals surface area contributed by atoms with Gasteiger partial charge in [0.15, 0.2) is 0 Å². The van der Waals surface area contributed by atoms with Gasteiger partial charge in [-0.25, -0.2) is 0 Å². The maximum Gasteiger partial charge on any atom is 0.216 e. The predicted octanol–water partition coefficient (Wildman–Crippen LogP) is 4.09. The van der Waals surface area contributed by atoms with Crippen LogP contribution in [0.3, 0.4) is 0 Å². The van der Waals surface area contributed by atoms with Crippen LogP contribution in [0.25, 0.3) is 0 Å². The molecule has 0 aromatic rings. The van der Waals surface area contributed by atoms with E-state index in [2.05, 4.69) is 0 Å². The van der Waals surface area contributed by atoms with Crippen LogP contribution in [0.5, 0.6) is 0 Å². The Morgan fingerprint density at radius 3 is 2.36 bits per heavy atom. The Bertz CT molecular complexity index is 198. The molecular formula is C10H15Cl3O. The third-order valence-corrected chi connectivity index (χ3v) is 3.95. The number of rotatable bonds is 0. The maximum atomic E-state index is 5.94. The zero-order valence-corrected chi connectivity index (χ0v) is 10.3. The van der Waals surface area contributed by atoms with Gasteiger partial charge >= 0.3 is 0 Å². The van der Waals surface area contributed by atoms with Crippen molar-refractivity contribution >= 4 is 34.8 Å². The van der Waals surface area contributed by atoms with Gasteiger partial charge in [0.1, 0.15) is 6.10 Å². The summed E-state index contributed by atoms with van der Waals surface area (Å²) >= 11 is 17.8. The molecule has 3 rings (SSSR count). The zero-order chi connectivity index (χ0) is 10.2. The topological polar surface area (TPSA) is 9.23 Å². The molecule has 0 spiro atoms. The van der Waals surface area contributed by atoms with Crippen molar-refractivity contribution in [1.82, 2.24) is 0 Å². The summed E-state index contributed by atoms with van der Waals surface area (Å²) in [5.74, 6) is 0.444. The molecule has 2 saturated heterocycles. The number of halogens is 3. The van der Waals surface area contributed by atoms with Crippen LogP contribution in [0.4, 0.5) is 0 Å².